The summed E-state index contributed by atoms with van der Waals surface area (Å²) in [5, 5.41) is 0. The maximum atomic E-state index is 4.93. The SMILES string of the molecule is CC1c2ccccc2-c2ccccc21.[Cl][Zr][Cl]. The molecule has 0 saturated carbocycles. The van der Waals surface area contributed by atoms with E-state index in [4.69, 9.17) is 17.0 Å². The number of halogens is 2. The van der Waals surface area contributed by atoms with Crippen LogP contribution in [0.4, 0.5) is 0 Å². The molecule has 0 heterocycles. The Bertz CT molecular complexity index is 466. The van der Waals surface area contributed by atoms with Gasteiger partial charge in [0, 0.05) is 5.92 Å². The van der Waals surface area contributed by atoms with Crippen molar-refractivity contribution in [1.29, 1.82) is 0 Å². The average Bonchev–Trinajstić information content (AvgIpc) is 2.66. The van der Waals surface area contributed by atoms with Gasteiger partial charge < -0.3 is 0 Å². The third-order valence-corrected chi connectivity index (χ3v) is 3.14. The van der Waals surface area contributed by atoms with Gasteiger partial charge in [-0.25, -0.2) is 0 Å². The van der Waals surface area contributed by atoms with E-state index >= 15 is 0 Å². The van der Waals surface area contributed by atoms with Crippen LogP contribution in [0.1, 0.15) is 24.0 Å². The van der Waals surface area contributed by atoms with Crippen molar-refractivity contribution in [2.45, 2.75) is 12.8 Å². The van der Waals surface area contributed by atoms with Crippen LogP contribution in [-0.4, -0.2) is 0 Å². The molecule has 0 nitrogen and oxygen atoms in total. The van der Waals surface area contributed by atoms with Crippen LogP contribution in [0.3, 0.4) is 0 Å². The summed E-state index contributed by atoms with van der Waals surface area (Å²) in [6, 6.07) is 17.4. The zero-order valence-corrected chi connectivity index (χ0v) is 13.4. The fourth-order valence-corrected chi connectivity index (χ4v) is 2.41. The standard InChI is InChI=1S/C14H12.2ClH.Zr/c1-10-11-6-2-4-8-13(11)14-9-5-3-7-12(10)14;;;/h2-10H,1H3;2*1H;/q;;;+2/p-2. The van der Waals surface area contributed by atoms with Crippen molar-refractivity contribution >= 4 is 17.0 Å². The molecule has 0 saturated heterocycles. The fraction of sp³-hybridized carbons (Fsp3) is 0.143. The molecule has 0 bridgehead atoms. The molecule has 0 N–H and O–H groups in total. The molecule has 0 aromatic heterocycles. The molecule has 86 valence electrons. The van der Waals surface area contributed by atoms with E-state index in [-0.39, 0.29) is 0 Å². The van der Waals surface area contributed by atoms with E-state index in [2.05, 4.69) is 55.5 Å². The minimum absolute atomic E-state index is 0.558. The summed E-state index contributed by atoms with van der Waals surface area (Å²) in [5.74, 6) is 0.558. The van der Waals surface area contributed by atoms with E-state index in [0.29, 0.717) is 5.92 Å². The quantitative estimate of drug-likeness (QED) is 0.618. The molecule has 3 heteroatoms. The number of hydrogen-bond acceptors (Lipinski definition) is 0. The molecule has 0 unspecified atom stereocenters. The summed E-state index contributed by atoms with van der Waals surface area (Å²) in [5.41, 5.74) is 5.76. The van der Waals surface area contributed by atoms with E-state index in [1.54, 1.807) is 0 Å². The summed E-state index contributed by atoms with van der Waals surface area (Å²) in [6.07, 6.45) is 0. The van der Waals surface area contributed by atoms with Gasteiger partial charge in [0.2, 0.25) is 0 Å². The van der Waals surface area contributed by atoms with Crippen molar-refractivity contribution in [3.05, 3.63) is 59.7 Å². The van der Waals surface area contributed by atoms with Crippen molar-refractivity contribution < 1.29 is 20.8 Å². The fourth-order valence-electron chi connectivity index (χ4n) is 2.41. The molecule has 0 spiro atoms. The maximum absolute atomic E-state index is 4.93. The first-order valence-electron chi connectivity index (χ1n) is 5.44. The first-order valence-corrected chi connectivity index (χ1v) is 11.8. The topological polar surface area (TPSA) is 0 Å². The third-order valence-electron chi connectivity index (χ3n) is 3.14. The van der Waals surface area contributed by atoms with Crippen molar-refractivity contribution in [3.63, 3.8) is 0 Å². The van der Waals surface area contributed by atoms with Gasteiger partial charge in [0.1, 0.15) is 0 Å². The zero-order valence-electron chi connectivity index (χ0n) is 9.45. The summed E-state index contributed by atoms with van der Waals surface area (Å²) >= 11 is -0.826. The van der Waals surface area contributed by atoms with E-state index in [9.17, 15) is 0 Å². The molecule has 0 fully saturated rings. The molecule has 2 aromatic carbocycles. The van der Waals surface area contributed by atoms with Crippen LogP contribution in [0, 0.1) is 0 Å². The Morgan fingerprint density at radius 2 is 1.18 bits per heavy atom. The van der Waals surface area contributed by atoms with Gasteiger partial charge >= 0.3 is 37.9 Å². The van der Waals surface area contributed by atoms with Gasteiger partial charge in [-0.1, -0.05) is 55.5 Å². The van der Waals surface area contributed by atoms with Crippen molar-refractivity contribution in [1.82, 2.24) is 0 Å². The second kappa shape index (κ2) is 6.18. The molecular weight excluding hydrogens is 330 g/mol. The molecule has 3 rings (SSSR count). The summed E-state index contributed by atoms with van der Waals surface area (Å²) < 4.78 is 0. The summed E-state index contributed by atoms with van der Waals surface area (Å²) in [7, 11) is 9.87. The van der Waals surface area contributed by atoms with Gasteiger partial charge in [0.05, 0.1) is 0 Å². The first kappa shape index (κ1) is 13.3. The molecule has 0 amide bonds. The van der Waals surface area contributed by atoms with E-state index < -0.39 is 20.8 Å². The van der Waals surface area contributed by atoms with Crippen molar-refractivity contribution in [3.8, 4) is 11.1 Å². The Morgan fingerprint density at radius 3 is 1.59 bits per heavy atom. The Hall–Kier alpha value is -0.0969. The van der Waals surface area contributed by atoms with Gasteiger partial charge in [-0.15, -0.1) is 0 Å². The Balaban J connectivity index is 0.000000329. The summed E-state index contributed by atoms with van der Waals surface area (Å²) in [6.45, 7) is 2.28. The molecule has 2 aromatic rings. The van der Waals surface area contributed by atoms with Crippen LogP contribution in [-0.2, 0) is 20.8 Å². The van der Waals surface area contributed by atoms with Crippen LogP contribution in [0.2, 0.25) is 0 Å². The molecule has 1 aliphatic carbocycles. The molecular formula is C14H12Cl2Zr. The number of rotatable bonds is 0. The molecule has 0 aliphatic heterocycles. The predicted octanol–water partition coefficient (Wildman–Crippen LogP) is 5.20. The minimum atomic E-state index is -0.826. The summed E-state index contributed by atoms with van der Waals surface area (Å²) in [4.78, 5) is 0. The van der Waals surface area contributed by atoms with Crippen LogP contribution >= 0.6 is 17.0 Å². The molecule has 17 heavy (non-hydrogen) atoms. The second-order valence-corrected chi connectivity index (χ2v) is 7.70. The zero-order chi connectivity index (χ0) is 12.3. The predicted molar refractivity (Wildman–Crippen MR) is 71.1 cm³/mol. The van der Waals surface area contributed by atoms with E-state index in [0.717, 1.165) is 0 Å². The Labute approximate surface area is 121 Å². The van der Waals surface area contributed by atoms with Crippen LogP contribution in [0.25, 0.3) is 11.1 Å². The van der Waals surface area contributed by atoms with Gasteiger partial charge in [0.25, 0.3) is 0 Å². The van der Waals surface area contributed by atoms with Crippen molar-refractivity contribution in [2.75, 3.05) is 0 Å². The van der Waals surface area contributed by atoms with Crippen LogP contribution in [0.15, 0.2) is 48.5 Å². The molecule has 0 atom stereocenters. The number of fused-ring (bicyclic) bond motifs is 3. The number of benzene rings is 2. The normalized spacial score (nSPS) is 12.2. The van der Waals surface area contributed by atoms with Gasteiger partial charge in [0.15, 0.2) is 0 Å². The Kier molecular flexibility index (Phi) is 4.85. The number of hydrogen-bond donors (Lipinski definition) is 0. The Morgan fingerprint density at radius 1 is 0.824 bits per heavy atom. The van der Waals surface area contributed by atoms with E-state index in [1.165, 1.54) is 22.3 Å². The van der Waals surface area contributed by atoms with E-state index in [1.807, 2.05) is 0 Å². The third kappa shape index (κ3) is 2.67. The van der Waals surface area contributed by atoms with Crippen LogP contribution < -0.4 is 0 Å². The first-order chi connectivity index (χ1) is 8.29. The second-order valence-electron chi connectivity index (χ2n) is 3.97. The van der Waals surface area contributed by atoms with Gasteiger partial charge in [-0.2, -0.15) is 0 Å². The molecule has 1 aliphatic rings. The van der Waals surface area contributed by atoms with Crippen molar-refractivity contribution in [2.24, 2.45) is 0 Å². The van der Waals surface area contributed by atoms with Gasteiger partial charge in [-0.05, 0) is 22.3 Å². The average molecular weight is 342 g/mol. The monoisotopic (exact) mass is 340 g/mol. The van der Waals surface area contributed by atoms with Crippen LogP contribution in [0.5, 0.6) is 0 Å². The van der Waals surface area contributed by atoms with Gasteiger partial charge in [-0.3, -0.25) is 0 Å². The molecule has 0 radical (unpaired) electrons.